The molecule has 1 aliphatic heterocycles. The Bertz CT molecular complexity index is 237. The Balaban J connectivity index is 1.69. The lowest BCUT2D eigenvalue weighted by Gasteiger charge is -2.47. The second-order valence-corrected chi connectivity index (χ2v) is 6.40. The predicted octanol–water partition coefficient (Wildman–Crippen LogP) is 2.12. The summed E-state index contributed by atoms with van der Waals surface area (Å²) in [6.45, 7) is 9.22. The van der Waals surface area contributed by atoms with Gasteiger partial charge in [0.2, 0.25) is 0 Å². The fourth-order valence-electron chi connectivity index (χ4n) is 3.34. The quantitative estimate of drug-likeness (QED) is 0.786. The van der Waals surface area contributed by atoms with Crippen LogP contribution >= 0.6 is 0 Å². The number of methoxy groups -OCH3 is 1. The molecular weight excluding hydrogens is 224 g/mol. The first-order valence-corrected chi connectivity index (χ1v) is 7.67. The molecule has 0 aromatic rings. The summed E-state index contributed by atoms with van der Waals surface area (Å²) in [5, 5.41) is 3.60. The lowest BCUT2D eigenvalue weighted by molar-refractivity contribution is 0.0197. The molecule has 3 nitrogen and oxygen atoms in total. The van der Waals surface area contributed by atoms with Gasteiger partial charge in [-0.2, -0.15) is 0 Å². The van der Waals surface area contributed by atoms with Gasteiger partial charge in [-0.25, -0.2) is 0 Å². The largest absolute Gasteiger partial charge is 0.384 e. The van der Waals surface area contributed by atoms with Crippen LogP contribution in [-0.4, -0.2) is 50.3 Å². The molecule has 2 atom stereocenters. The number of nitrogens with one attached hydrogen (secondary N) is 1. The Morgan fingerprint density at radius 2 is 1.89 bits per heavy atom. The molecule has 0 spiro atoms. The summed E-state index contributed by atoms with van der Waals surface area (Å²) in [7, 11) is 1.83. The van der Waals surface area contributed by atoms with Gasteiger partial charge in [-0.3, -0.25) is 0 Å². The van der Waals surface area contributed by atoms with Crippen LogP contribution in [0.1, 0.15) is 39.5 Å². The van der Waals surface area contributed by atoms with E-state index in [1.54, 1.807) is 0 Å². The highest BCUT2D eigenvalue weighted by molar-refractivity contribution is 4.92. The highest BCUT2D eigenvalue weighted by Crippen LogP contribution is 2.34. The third-order valence-corrected chi connectivity index (χ3v) is 4.69. The zero-order valence-corrected chi connectivity index (χ0v) is 12.3. The lowest BCUT2D eigenvalue weighted by Crippen LogP contribution is -2.53. The molecule has 0 aromatic carbocycles. The van der Waals surface area contributed by atoms with Crippen LogP contribution in [0.4, 0.5) is 0 Å². The molecule has 0 aromatic heterocycles. The van der Waals surface area contributed by atoms with Crippen molar-refractivity contribution in [3.05, 3.63) is 0 Å². The van der Waals surface area contributed by atoms with Crippen molar-refractivity contribution < 1.29 is 4.74 Å². The minimum Gasteiger partial charge on any atom is -0.384 e. The molecule has 0 radical (unpaired) electrons. The van der Waals surface area contributed by atoms with Crippen molar-refractivity contribution in [2.75, 3.05) is 33.4 Å². The monoisotopic (exact) mass is 254 g/mol. The van der Waals surface area contributed by atoms with Crippen molar-refractivity contribution in [3.8, 4) is 0 Å². The van der Waals surface area contributed by atoms with Gasteiger partial charge in [-0.1, -0.05) is 13.8 Å². The maximum Gasteiger partial charge on any atom is 0.0491 e. The van der Waals surface area contributed by atoms with Gasteiger partial charge in [-0.15, -0.1) is 0 Å². The fourth-order valence-corrected chi connectivity index (χ4v) is 3.34. The van der Waals surface area contributed by atoms with E-state index in [4.69, 9.17) is 4.74 Å². The molecule has 0 bridgehead atoms. The molecule has 2 aliphatic rings. The van der Waals surface area contributed by atoms with E-state index in [1.807, 2.05) is 7.11 Å². The van der Waals surface area contributed by atoms with E-state index in [1.165, 1.54) is 45.3 Å². The molecule has 106 valence electrons. The number of ether oxygens (including phenoxy) is 1. The molecule has 2 unspecified atom stereocenters. The summed E-state index contributed by atoms with van der Waals surface area (Å²) in [4.78, 5) is 2.74. The van der Waals surface area contributed by atoms with Gasteiger partial charge in [0.05, 0.1) is 0 Å². The molecule has 1 saturated heterocycles. The lowest BCUT2D eigenvalue weighted by atomic mass is 9.77. The minimum atomic E-state index is 0.624. The van der Waals surface area contributed by atoms with Crippen LogP contribution in [0.2, 0.25) is 0 Å². The van der Waals surface area contributed by atoms with Gasteiger partial charge in [0, 0.05) is 25.8 Å². The number of hydrogen-bond donors (Lipinski definition) is 1. The molecule has 1 N–H and O–H groups in total. The van der Waals surface area contributed by atoms with Crippen LogP contribution in [0.25, 0.3) is 0 Å². The number of hydrogen-bond acceptors (Lipinski definition) is 3. The third-order valence-electron chi connectivity index (χ3n) is 4.69. The minimum absolute atomic E-state index is 0.624. The molecule has 18 heavy (non-hydrogen) atoms. The van der Waals surface area contributed by atoms with Gasteiger partial charge in [0.1, 0.15) is 0 Å². The first kappa shape index (κ1) is 14.3. The van der Waals surface area contributed by atoms with Crippen LogP contribution in [0.15, 0.2) is 0 Å². The fraction of sp³-hybridized carbons (Fsp3) is 1.00. The first-order valence-electron chi connectivity index (χ1n) is 7.67. The van der Waals surface area contributed by atoms with Crippen LogP contribution < -0.4 is 5.32 Å². The smallest absolute Gasteiger partial charge is 0.0491 e. The average molecular weight is 254 g/mol. The summed E-state index contributed by atoms with van der Waals surface area (Å²) in [5.74, 6) is 1.70. The van der Waals surface area contributed by atoms with Crippen molar-refractivity contribution in [3.63, 3.8) is 0 Å². The molecule has 2 fully saturated rings. The van der Waals surface area contributed by atoms with E-state index in [-0.39, 0.29) is 0 Å². The normalized spacial score (nSPS) is 30.7. The highest BCUT2D eigenvalue weighted by atomic mass is 16.5. The Morgan fingerprint density at radius 1 is 1.17 bits per heavy atom. The standard InChI is InChI=1S/C15H30N2O/c1-12(2)16-10-14-4-5-15(14)17-8-6-13(7-9-17)11-18-3/h12-16H,4-11H2,1-3H3. The van der Waals surface area contributed by atoms with Crippen LogP contribution in [0.3, 0.4) is 0 Å². The summed E-state index contributed by atoms with van der Waals surface area (Å²) < 4.78 is 5.27. The van der Waals surface area contributed by atoms with Crippen molar-refractivity contribution in [1.82, 2.24) is 10.2 Å². The summed E-state index contributed by atoms with van der Waals surface area (Å²) >= 11 is 0. The number of rotatable bonds is 6. The molecule has 2 rings (SSSR count). The molecule has 1 aliphatic carbocycles. The van der Waals surface area contributed by atoms with E-state index in [9.17, 15) is 0 Å². The topological polar surface area (TPSA) is 24.5 Å². The first-order chi connectivity index (χ1) is 8.70. The number of likely N-dealkylation sites (tertiary alicyclic amines) is 1. The van der Waals surface area contributed by atoms with E-state index >= 15 is 0 Å². The van der Waals surface area contributed by atoms with E-state index in [0.717, 1.165) is 24.5 Å². The molecule has 1 saturated carbocycles. The van der Waals surface area contributed by atoms with Gasteiger partial charge in [0.15, 0.2) is 0 Å². The van der Waals surface area contributed by atoms with Gasteiger partial charge < -0.3 is 15.0 Å². The van der Waals surface area contributed by atoms with E-state index in [2.05, 4.69) is 24.1 Å². The highest BCUT2D eigenvalue weighted by Gasteiger charge is 2.36. The second-order valence-electron chi connectivity index (χ2n) is 6.40. The zero-order valence-electron chi connectivity index (χ0n) is 12.3. The van der Waals surface area contributed by atoms with Crippen LogP contribution in [0.5, 0.6) is 0 Å². The van der Waals surface area contributed by atoms with Gasteiger partial charge >= 0.3 is 0 Å². The summed E-state index contributed by atoms with van der Waals surface area (Å²) in [6.07, 6.45) is 5.49. The zero-order chi connectivity index (χ0) is 13.0. The van der Waals surface area contributed by atoms with Crippen molar-refractivity contribution >= 4 is 0 Å². The second kappa shape index (κ2) is 6.88. The summed E-state index contributed by atoms with van der Waals surface area (Å²) in [6, 6.07) is 1.48. The van der Waals surface area contributed by atoms with Crippen molar-refractivity contribution in [2.45, 2.75) is 51.6 Å². The Kier molecular flexibility index (Phi) is 5.46. The van der Waals surface area contributed by atoms with Crippen molar-refractivity contribution in [2.24, 2.45) is 11.8 Å². The maximum atomic E-state index is 5.27. The molecule has 0 amide bonds. The molecule has 3 heteroatoms. The maximum absolute atomic E-state index is 5.27. The van der Waals surface area contributed by atoms with Gasteiger partial charge in [0.25, 0.3) is 0 Å². The predicted molar refractivity (Wildman–Crippen MR) is 75.8 cm³/mol. The van der Waals surface area contributed by atoms with Crippen LogP contribution in [-0.2, 0) is 4.74 Å². The Morgan fingerprint density at radius 3 is 2.39 bits per heavy atom. The van der Waals surface area contributed by atoms with Crippen molar-refractivity contribution in [1.29, 1.82) is 0 Å². The van der Waals surface area contributed by atoms with Gasteiger partial charge in [-0.05, 0) is 57.2 Å². The average Bonchev–Trinajstić information content (AvgIpc) is 2.30. The Labute approximate surface area is 112 Å². The van der Waals surface area contributed by atoms with E-state index in [0.29, 0.717) is 6.04 Å². The van der Waals surface area contributed by atoms with Crippen LogP contribution in [0, 0.1) is 11.8 Å². The number of piperidine rings is 1. The SMILES string of the molecule is COCC1CCN(C2CCC2CNC(C)C)CC1. The molecular formula is C15H30N2O. The summed E-state index contributed by atoms with van der Waals surface area (Å²) in [5.41, 5.74) is 0. The molecule has 1 heterocycles. The Hall–Kier alpha value is -0.120. The third kappa shape index (κ3) is 3.69. The number of nitrogens with zero attached hydrogens (tertiary/aromatic N) is 1. The van der Waals surface area contributed by atoms with E-state index < -0.39 is 0 Å².